The molecule has 1 atom stereocenters. The number of halogens is 1. The Labute approximate surface area is 151 Å². The van der Waals surface area contributed by atoms with Crippen molar-refractivity contribution in [1.29, 1.82) is 0 Å². The molecule has 0 spiro atoms. The molecule has 0 radical (unpaired) electrons. The van der Waals surface area contributed by atoms with Crippen molar-refractivity contribution in [2.45, 2.75) is 18.8 Å². The lowest BCUT2D eigenvalue weighted by Crippen LogP contribution is -2.28. The molecule has 3 rings (SSSR count). The second kappa shape index (κ2) is 6.75. The molecule has 0 saturated carbocycles. The molecule has 0 amide bonds. The fraction of sp³-hybridized carbons (Fsp3) is 0.143. The third-order valence-electron chi connectivity index (χ3n) is 4.49. The van der Waals surface area contributed by atoms with Crippen molar-refractivity contribution in [3.05, 3.63) is 99.1 Å². The molecule has 3 aromatic carbocycles. The largest absolute Gasteiger partial charge is 0.508 e. The minimum atomic E-state index is -0.209. The van der Waals surface area contributed by atoms with Gasteiger partial charge < -0.3 is 5.11 Å². The molecule has 1 unspecified atom stereocenters. The molecule has 0 aliphatic heterocycles. The highest BCUT2D eigenvalue weighted by Crippen LogP contribution is 2.42. The van der Waals surface area contributed by atoms with Crippen LogP contribution in [0.1, 0.15) is 30.0 Å². The Morgan fingerprint density at radius 1 is 0.739 bits per heavy atom. The summed E-state index contributed by atoms with van der Waals surface area (Å²) < 4.78 is 1.23. The lowest BCUT2D eigenvalue weighted by Gasteiger charge is -2.35. The number of aromatic hydroxyl groups is 1. The molecule has 0 saturated heterocycles. The van der Waals surface area contributed by atoms with Gasteiger partial charge in [0.15, 0.2) is 0 Å². The zero-order chi connectivity index (χ0) is 16.3. The first-order valence-electron chi connectivity index (χ1n) is 7.78. The zero-order valence-corrected chi connectivity index (χ0v) is 15.2. The van der Waals surface area contributed by atoms with Crippen LogP contribution in [0.2, 0.25) is 0 Å². The maximum Gasteiger partial charge on any atom is 0.115 e. The monoisotopic (exact) mass is 414 g/mol. The van der Waals surface area contributed by atoms with Crippen molar-refractivity contribution in [2.75, 3.05) is 0 Å². The maximum absolute atomic E-state index is 9.67. The molecule has 3 aromatic rings. The van der Waals surface area contributed by atoms with Gasteiger partial charge >= 0.3 is 0 Å². The second-order valence-corrected chi connectivity index (χ2v) is 6.92. The topological polar surface area (TPSA) is 20.2 Å². The van der Waals surface area contributed by atoms with Gasteiger partial charge in [0.2, 0.25) is 0 Å². The van der Waals surface area contributed by atoms with Gasteiger partial charge in [0.05, 0.1) is 0 Å². The summed E-state index contributed by atoms with van der Waals surface area (Å²) in [7, 11) is 0. The lowest BCUT2D eigenvalue weighted by atomic mass is 9.68. The van der Waals surface area contributed by atoms with E-state index in [2.05, 4.69) is 84.1 Å². The molecule has 0 heterocycles. The van der Waals surface area contributed by atoms with Crippen LogP contribution >= 0.6 is 22.6 Å². The Kier molecular flexibility index (Phi) is 4.71. The SMILES string of the molecule is CCC(c1ccccc1)(c1ccc(O)cc1)c1ccc(I)cc1. The van der Waals surface area contributed by atoms with Crippen molar-refractivity contribution in [1.82, 2.24) is 0 Å². The van der Waals surface area contributed by atoms with E-state index in [1.807, 2.05) is 12.1 Å². The van der Waals surface area contributed by atoms with Crippen molar-refractivity contribution < 1.29 is 5.11 Å². The van der Waals surface area contributed by atoms with E-state index in [0.717, 1.165) is 6.42 Å². The van der Waals surface area contributed by atoms with Gasteiger partial charge in [0.1, 0.15) is 5.75 Å². The van der Waals surface area contributed by atoms with Gasteiger partial charge in [-0.3, -0.25) is 0 Å². The molecule has 23 heavy (non-hydrogen) atoms. The maximum atomic E-state index is 9.67. The minimum Gasteiger partial charge on any atom is -0.508 e. The number of hydrogen-bond acceptors (Lipinski definition) is 1. The van der Waals surface area contributed by atoms with Crippen molar-refractivity contribution >= 4 is 22.6 Å². The minimum absolute atomic E-state index is 0.209. The zero-order valence-electron chi connectivity index (χ0n) is 13.0. The van der Waals surface area contributed by atoms with E-state index in [1.54, 1.807) is 12.1 Å². The third-order valence-corrected chi connectivity index (χ3v) is 5.21. The second-order valence-electron chi connectivity index (χ2n) is 5.68. The average molecular weight is 414 g/mol. The summed E-state index contributed by atoms with van der Waals surface area (Å²) >= 11 is 2.34. The summed E-state index contributed by atoms with van der Waals surface area (Å²) in [6, 6.07) is 27.0. The van der Waals surface area contributed by atoms with Crippen molar-refractivity contribution in [2.24, 2.45) is 0 Å². The van der Waals surface area contributed by atoms with Crippen LogP contribution in [0, 0.1) is 3.57 Å². The Bertz CT molecular complexity index is 716. The molecule has 116 valence electrons. The van der Waals surface area contributed by atoms with Crippen LogP contribution in [-0.4, -0.2) is 5.11 Å². The van der Waals surface area contributed by atoms with E-state index in [9.17, 15) is 5.11 Å². The van der Waals surface area contributed by atoms with E-state index < -0.39 is 0 Å². The molecule has 0 aromatic heterocycles. The fourth-order valence-corrected chi connectivity index (χ4v) is 3.67. The highest BCUT2D eigenvalue weighted by molar-refractivity contribution is 14.1. The average Bonchev–Trinajstić information content (AvgIpc) is 2.60. The number of phenols is 1. The summed E-state index contributed by atoms with van der Waals surface area (Å²) in [6.07, 6.45) is 0.947. The van der Waals surface area contributed by atoms with Crippen LogP contribution in [0.25, 0.3) is 0 Å². The normalized spacial score (nSPS) is 13.5. The Morgan fingerprint density at radius 2 is 1.22 bits per heavy atom. The van der Waals surface area contributed by atoms with Gasteiger partial charge in [-0.1, -0.05) is 61.5 Å². The van der Waals surface area contributed by atoms with E-state index in [1.165, 1.54) is 20.3 Å². The lowest BCUT2D eigenvalue weighted by molar-refractivity contribution is 0.474. The van der Waals surface area contributed by atoms with E-state index >= 15 is 0 Å². The molecule has 0 fully saturated rings. The first kappa shape index (κ1) is 16.1. The van der Waals surface area contributed by atoms with Crippen molar-refractivity contribution in [3.63, 3.8) is 0 Å². The molecule has 0 bridgehead atoms. The first-order valence-corrected chi connectivity index (χ1v) is 8.86. The van der Waals surface area contributed by atoms with Crippen LogP contribution in [0.5, 0.6) is 5.75 Å². The molecule has 2 heteroatoms. The number of hydrogen-bond donors (Lipinski definition) is 1. The molecular weight excluding hydrogens is 395 g/mol. The Balaban J connectivity index is 2.27. The summed E-state index contributed by atoms with van der Waals surface area (Å²) in [4.78, 5) is 0. The predicted molar refractivity (Wildman–Crippen MR) is 104 cm³/mol. The number of benzene rings is 3. The van der Waals surface area contributed by atoms with Gasteiger partial charge in [-0.2, -0.15) is 0 Å². The Hall–Kier alpha value is -1.81. The Morgan fingerprint density at radius 3 is 1.74 bits per heavy atom. The number of rotatable bonds is 4. The molecule has 1 N–H and O–H groups in total. The van der Waals surface area contributed by atoms with Gasteiger partial charge in [-0.25, -0.2) is 0 Å². The smallest absolute Gasteiger partial charge is 0.115 e. The third kappa shape index (κ3) is 3.00. The molecule has 1 nitrogen and oxygen atoms in total. The van der Waals surface area contributed by atoms with Crippen LogP contribution in [0.4, 0.5) is 0 Å². The van der Waals surface area contributed by atoms with Crippen molar-refractivity contribution in [3.8, 4) is 5.75 Å². The summed E-state index contributed by atoms with van der Waals surface area (Å²) in [5, 5.41) is 9.67. The van der Waals surface area contributed by atoms with Crippen LogP contribution < -0.4 is 0 Å². The van der Waals surface area contributed by atoms with Gasteiger partial charge in [0, 0.05) is 8.99 Å². The van der Waals surface area contributed by atoms with Gasteiger partial charge in [0.25, 0.3) is 0 Å². The van der Waals surface area contributed by atoms with Crippen LogP contribution in [0.3, 0.4) is 0 Å². The fourth-order valence-electron chi connectivity index (χ4n) is 3.32. The summed E-state index contributed by atoms with van der Waals surface area (Å²) in [5.41, 5.74) is 3.54. The van der Waals surface area contributed by atoms with E-state index in [0.29, 0.717) is 5.75 Å². The highest BCUT2D eigenvalue weighted by atomic mass is 127. The number of phenolic OH excluding ortho intramolecular Hbond substituents is 1. The highest BCUT2D eigenvalue weighted by Gasteiger charge is 2.34. The standard InChI is InChI=1S/C21H19IO/c1-2-21(16-6-4-3-5-7-16,17-8-12-19(22)13-9-17)18-10-14-20(23)15-11-18/h3-15,23H,2H2,1H3. The molecular formula is C21H19IO. The summed E-state index contributed by atoms with van der Waals surface area (Å²) in [5.74, 6) is 0.300. The first-order chi connectivity index (χ1) is 11.2. The molecule has 0 aliphatic carbocycles. The quantitative estimate of drug-likeness (QED) is 0.426. The molecule has 0 aliphatic rings. The van der Waals surface area contributed by atoms with E-state index in [4.69, 9.17) is 0 Å². The van der Waals surface area contributed by atoms with E-state index in [-0.39, 0.29) is 5.41 Å². The van der Waals surface area contributed by atoms with Crippen LogP contribution in [0.15, 0.2) is 78.9 Å². The van der Waals surface area contributed by atoms with Gasteiger partial charge in [-0.15, -0.1) is 0 Å². The summed E-state index contributed by atoms with van der Waals surface area (Å²) in [6.45, 7) is 2.22. The predicted octanol–water partition coefficient (Wildman–Crippen LogP) is 5.74. The van der Waals surface area contributed by atoms with Crippen LogP contribution in [-0.2, 0) is 5.41 Å². The van der Waals surface area contributed by atoms with Gasteiger partial charge in [-0.05, 0) is 70.0 Å².